The number of hydrogen-bond acceptors (Lipinski definition) is 4. The molecule has 1 heterocycles. The van der Waals surface area contributed by atoms with E-state index in [2.05, 4.69) is 0 Å². The van der Waals surface area contributed by atoms with Crippen molar-refractivity contribution in [1.29, 1.82) is 0 Å². The van der Waals surface area contributed by atoms with E-state index >= 15 is 0 Å². The summed E-state index contributed by atoms with van der Waals surface area (Å²) in [5.74, 6) is -0.705. The summed E-state index contributed by atoms with van der Waals surface area (Å²) in [7, 11) is 0. The molecule has 2 aromatic carbocycles. The standard InChI is InChI=1S/C21H24ClNO3/c1-4-17-18(20(24)21(2,3)25)19(14-10-12-15(22)13-11-14)23(26-17)16-8-6-5-7-9-16/h5-13,17-19,25H,4H2,1-3H3/t17-,18-,19+/m0/s1. The van der Waals surface area contributed by atoms with Gasteiger partial charge in [0.2, 0.25) is 0 Å². The quantitative estimate of drug-likeness (QED) is 0.834. The summed E-state index contributed by atoms with van der Waals surface area (Å²) in [6.07, 6.45) is 0.356. The monoisotopic (exact) mass is 373 g/mol. The van der Waals surface area contributed by atoms with Crippen molar-refractivity contribution in [2.75, 3.05) is 5.06 Å². The Kier molecular flexibility index (Phi) is 5.37. The predicted molar refractivity (Wildman–Crippen MR) is 103 cm³/mol. The summed E-state index contributed by atoms with van der Waals surface area (Å²) < 4.78 is 0. The zero-order chi connectivity index (χ0) is 18.9. The van der Waals surface area contributed by atoms with Crippen molar-refractivity contribution in [2.24, 2.45) is 5.92 Å². The average molecular weight is 374 g/mol. The zero-order valence-electron chi connectivity index (χ0n) is 15.2. The number of halogens is 1. The fourth-order valence-corrected chi connectivity index (χ4v) is 3.60. The number of hydrogen-bond donors (Lipinski definition) is 1. The second-order valence-corrected chi connectivity index (χ2v) is 7.60. The van der Waals surface area contributed by atoms with Gasteiger partial charge in [-0.3, -0.25) is 9.63 Å². The van der Waals surface area contributed by atoms with Crippen molar-refractivity contribution in [2.45, 2.75) is 44.9 Å². The lowest BCUT2D eigenvalue weighted by molar-refractivity contribution is -0.140. The number of ketones is 1. The Morgan fingerprint density at radius 3 is 2.31 bits per heavy atom. The van der Waals surface area contributed by atoms with Crippen LogP contribution in [0.15, 0.2) is 54.6 Å². The van der Waals surface area contributed by atoms with Crippen LogP contribution in [0.1, 0.15) is 38.8 Å². The second-order valence-electron chi connectivity index (χ2n) is 7.16. The minimum Gasteiger partial charge on any atom is -0.383 e. The van der Waals surface area contributed by atoms with Crippen LogP contribution in [0, 0.1) is 5.92 Å². The molecule has 3 atom stereocenters. The van der Waals surface area contributed by atoms with Crippen molar-refractivity contribution >= 4 is 23.1 Å². The van der Waals surface area contributed by atoms with E-state index in [9.17, 15) is 9.90 Å². The van der Waals surface area contributed by atoms with Crippen LogP contribution >= 0.6 is 11.6 Å². The van der Waals surface area contributed by atoms with E-state index in [4.69, 9.17) is 16.4 Å². The molecule has 0 saturated carbocycles. The lowest BCUT2D eigenvalue weighted by atomic mass is 9.80. The first kappa shape index (κ1) is 18.9. The van der Waals surface area contributed by atoms with Crippen molar-refractivity contribution < 1.29 is 14.7 Å². The van der Waals surface area contributed by atoms with Crippen molar-refractivity contribution in [1.82, 2.24) is 0 Å². The Bertz CT molecular complexity index is 755. The van der Waals surface area contributed by atoms with Gasteiger partial charge in [-0.2, -0.15) is 0 Å². The lowest BCUT2D eigenvalue weighted by Crippen LogP contribution is -2.42. The summed E-state index contributed by atoms with van der Waals surface area (Å²) in [4.78, 5) is 19.3. The molecule has 0 radical (unpaired) electrons. The number of benzene rings is 2. The molecule has 4 nitrogen and oxygen atoms in total. The van der Waals surface area contributed by atoms with Crippen LogP contribution in [0.4, 0.5) is 5.69 Å². The SMILES string of the molecule is CC[C@@H]1ON(c2ccccc2)[C@H](c2ccc(Cl)cc2)[C@H]1C(=O)C(C)(C)O. The minimum absolute atomic E-state index is 0.220. The molecule has 0 aromatic heterocycles. The topological polar surface area (TPSA) is 49.8 Å². The molecule has 1 fully saturated rings. The molecule has 0 amide bonds. The molecule has 26 heavy (non-hydrogen) atoms. The number of hydroxylamine groups is 1. The maximum absolute atomic E-state index is 13.1. The molecule has 1 aliphatic heterocycles. The first-order valence-corrected chi connectivity index (χ1v) is 9.24. The van der Waals surface area contributed by atoms with Crippen LogP contribution in [0.3, 0.4) is 0 Å². The van der Waals surface area contributed by atoms with Crippen LogP contribution in [0.2, 0.25) is 5.02 Å². The number of para-hydroxylation sites is 1. The molecule has 0 bridgehead atoms. The summed E-state index contributed by atoms with van der Waals surface area (Å²) in [5.41, 5.74) is 0.368. The van der Waals surface area contributed by atoms with Gasteiger partial charge in [0.25, 0.3) is 0 Å². The van der Waals surface area contributed by atoms with Crippen molar-refractivity contribution in [3.63, 3.8) is 0 Å². The van der Waals surface area contributed by atoms with E-state index in [1.165, 1.54) is 13.8 Å². The van der Waals surface area contributed by atoms with Gasteiger partial charge in [-0.1, -0.05) is 48.9 Å². The molecular weight excluding hydrogens is 350 g/mol. The van der Waals surface area contributed by atoms with Crippen LogP contribution in [0.5, 0.6) is 0 Å². The fraction of sp³-hybridized carbons (Fsp3) is 0.381. The molecule has 0 unspecified atom stereocenters. The summed E-state index contributed by atoms with van der Waals surface area (Å²) in [6.45, 7) is 5.06. The van der Waals surface area contributed by atoms with Gasteiger partial charge in [0, 0.05) is 5.02 Å². The highest BCUT2D eigenvalue weighted by atomic mass is 35.5. The Balaban J connectivity index is 2.10. The third-order valence-corrected chi connectivity index (χ3v) is 5.02. The third-order valence-electron chi connectivity index (χ3n) is 4.77. The number of rotatable bonds is 5. The molecule has 1 saturated heterocycles. The minimum atomic E-state index is -1.43. The van der Waals surface area contributed by atoms with E-state index in [-0.39, 0.29) is 17.9 Å². The number of carbonyl (C=O) groups excluding carboxylic acids is 1. The molecule has 1 aliphatic rings. The molecule has 2 aromatic rings. The molecule has 1 N–H and O–H groups in total. The fourth-order valence-electron chi connectivity index (χ4n) is 3.47. The highest BCUT2D eigenvalue weighted by molar-refractivity contribution is 6.30. The molecule has 5 heteroatoms. The summed E-state index contributed by atoms with van der Waals surface area (Å²) >= 11 is 6.05. The predicted octanol–water partition coefficient (Wildman–Crippen LogP) is 4.57. The smallest absolute Gasteiger partial charge is 0.172 e. The van der Waals surface area contributed by atoms with Crippen molar-refractivity contribution in [3.8, 4) is 0 Å². The average Bonchev–Trinajstić information content (AvgIpc) is 3.01. The van der Waals surface area contributed by atoms with Crippen molar-refractivity contribution in [3.05, 3.63) is 65.2 Å². The van der Waals surface area contributed by atoms with E-state index in [0.717, 1.165) is 11.3 Å². The largest absolute Gasteiger partial charge is 0.383 e. The van der Waals surface area contributed by atoms with Gasteiger partial charge in [-0.05, 0) is 50.1 Å². The van der Waals surface area contributed by atoms with Crippen LogP contribution in [-0.4, -0.2) is 22.6 Å². The molecule has 3 rings (SSSR count). The van der Waals surface area contributed by atoms with Gasteiger partial charge in [-0.25, -0.2) is 5.06 Å². The number of aliphatic hydroxyl groups is 1. The Hall–Kier alpha value is -1.88. The van der Waals surface area contributed by atoms with Crippen LogP contribution in [-0.2, 0) is 9.63 Å². The Labute approximate surface area is 159 Å². The highest BCUT2D eigenvalue weighted by Crippen LogP contribution is 2.45. The molecule has 0 aliphatic carbocycles. The van der Waals surface area contributed by atoms with Gasteiger partial charge < -0.3 is 5.11 Å². The Morgan fingerprint density at radius 1 is 1.15 bits per heavy atom. The number of nitrogens with zero attached hydrogens (tertiary/aromatic N) is 1. The molecule has 0 spiro atoms. The van der Waals surface area contributed by atoms with Gasteiger partial charge in [0.05, 0.1) is 23.8 Å². The first-order valence-electron chi connectivity index (χ1n) is 8.86. The maximum atomic E-state index is 13.1. The number of carbonyl (C=O) groups is 1. The molecular formula is C21H24ClNO3. The van der Waals surface area contributed by atoms with Gasteiger partial charge in [0.1, 0.15) is 5.60 Å². The number of Topliss-reactive ketones (excluding diaryl/α,β-unsaturated/α-hetero) is 1. The molecule has 138 valence electrons. The maximum Gasteiger partial charge on any atom is 0.172 e. The van der Waals surface area contributed by atoms with E-state index in [1.807, 2.05) is 61.5 Å². The van der Waals surface area contributed by atoms with Gasteiger partial charge in [-0.15, -0.1) is 0 Å². The summed E-state index contributed by atoms with van der Waals surface area (Å²) in [6, 6.07) is 16.8. The second kappa shape index (κ2) is 7.39. The van der Waals surface area contributed by atoms with E-state index in [1.54, 1.807) is 5.06 Å². The zero-order valence-corrected chi connectivity index (χ0v) is 16.0. The van der Waals surface area contributed by atoms with Gasteiger partial charge >= 0.3 is 0 Å². The van der Waals surface area contributed by atoms with Crippen LogP contribution in [0.25, 0.3) is 0 Å². The van der Waals surface area contributed by atoms with Gasteiger partial charge in [0.15, 0.2) is 5.78 Å². The normalized spacial score (nSPS) is 23.3. The lowest BCUT2D eigenvalue weighted by Gasteiger charge is -2.29. The third kappa shape index (κ3) is 3.63. The summed E-state index contributed by atoms with van der Waals surface area (Å²) in [5, 5.41) is 12.8. The van der Waals surface area contributed by atoms with E-state index < -0.39 is 11.5 Å². The van der Waals surface area contributed by atoms with Crippen LogP contribution < -0.4 is 5.06 Å². The Morgan fingerprint density at radius 2 is 1.77 bits per heavy atom. The van der Waals surface area contributed by atoms with E-state index in [0.29, 0.717) is 11.4 Å². The first-order chi connectivity index (χ1) is 12.3. The number of anilines is 1. The highest BCUT2D eigenvalue weighted by Gasteiger charge is 2.50.